The second-order valence-electron chi connectivity index (χ2n) is 14.3. The Kier molecular flexibility index (Phi) is 4.98. The van der Waals surface area contributed by atoms with E-state index in [1.54, 1.807) is 0 Å². The molecule has 0 radical (unpaired) electrons. The van der Waals surface area contributed by atoms with Gasteiger partial charge >= 0.3 is 0 Å². The van der Waals surface area contributed by atoms with E-state index in [9.17, 15) is 0 Å². The van der Waals surface area contributed by atoms with Gasteiger partial charge in [-0.1, -0.05) is 53.2 Å². The van der Waals surface area contributed by atoms with E-state index >= 15 is 0 Å². The zero-order chi connectivity index (χ0) is 22.4. The summed E-state index contributed by atoms with van der Waals surface area (Å²) in [5.74, 6) is 3.38. The fourth-order valence-electron chi connectivity index (χ4n) is 10.9. The van der Waals surface area contributed by atoms with Gasteiger partial charge in [0.15, 0.2) is 0 Å². The third kappa shape index (κ3) is 2.65. The van der Waals surface area contributed by atoms with E-state index < -0.39 is 0 Å². The second-order valence-corrected chi connectivity index (χ2v) is 14.3. The first-order valence-corrected chi connectivity index (χ1v) is 13.7. The maximum atomic E-state index is 7.12. The van der Waals surface area contributed by atoms with E-state index in [0.717, 1.165) is 23.7 Å². The van der Waals surface area contributed by atoms with Gasteiger partial charge in [-0.05, 0) is 118 Å². The maximum Gasteiger partial charge on any atom is 0.0777 e. The summed E-state index contributed by atoms with van der Waals surface area (Å²) in [5, 5.41) is 0. The van der Waals surface area contributed by atoms with E-state index in [0.29, 0.717) is 27.8 Å². The van der Waals surface area contributed by atoms with Gasteiger partial charge in [-0.25, -0.2) is 0 Å². The van der Waals surface area contributed by atoms with Crippen molar-refractivity contribution in [3.05, 3.63) is 11.6 Å². The van der Waals surface area contributed by atoms with E-state index in [1.807, 2.05) is 0 Å². The van der Waals surface area contributed by atoms with Crippen molar-refractivity contribution >= 4 is 0 Å². The molecule has 1 nitrogen and oxygen atoms in total. The largest absolute Gasteiger partial charge is 0.370 e. The molecule has 31 heavy (non-hydrogen) atoms. The lowest BCUT2D eigenvalue weighted by Gasteiger charge is -2.68. The predicted octanol–water partition coefficient (Wildman–Crippen LogP) is 8.58. The van der Waals surface area contributed by atoms with Gasteiger partial charge in [-0.3, -0.25) is 0 Å². The minimum Gasteiger partial charge on any atom is -0.370 e. The molecule has 0 aromatic carbocycles. The molecule has 2 bridgehead atoms. The predicted molar refractivity (Wildman–Crippen MR) is 131 cm³/mol. The van der Waals surface area contributed by atoms with Crippen molar-refractivity contribution in [1.29, 1.82) is 0 Å². The van der Waals surface area contributed by atoms with Crippen LogP contribution < -0.4 is 0 Å². The Balaban J connectivity index is 1.44. The fraction of sp³-hybridized carbons (Fsp3) is 0.933. The minimum atomic E-state index is 0.182. The lowest BCUT2D eigenvalue weighted by atomic mass is 9.36. The number of allylic oxidation sites excluding steroid dienone is 2. The topological polar surface area (TPSA) is 9.23 Å². The molecule has 176 valence electrons. The van der Waals surface area contributed by atoms with Crippen molar-refractivity contribution in [2.45, 2.75) is 131 Å². The van der Waals surface area contributed by atoms with Crippen LogP contribution in [0.25, 0.3) is 0 Å². The lowest BCUT2D eigenvalue weighted by Crippen LogP contribution is -2.66. The number of fused-ring (bicyclic) bond motifs is 4. The van der Waals surface area contributed by atoms with Crippen LogP contribution in [0.3, 0.4) is 0 Å². The second kappa shape index (κ2) is 6.86. The Labute approximate surface area is 193 Å². The minimum absolute atomic E-state index is 0.182. The summed E-state index contributed by atoms with van der Waals surface area (Å²) < 4.78 is 7.12. The molecule has 5 rings (SSSR count). The molecule has 0 amide bonds. The van der Waals surface area contributed by atoms with Crippen molar-refractivity contribution in [2.24, 2.45) is 45.3 Å². The average Bonchev–Trinajstić information content (AvgIpc) is 3.30. The van der Waals surface area contributed by atoms with Crippen LogP contribution in [0.5, 0.6) is 0 Å². The number of hydrogen-bond acceptors (Lipinski definition) is 1. The van der Waals surface area contributed by atoms with Crippen molar-refractivity contribution in [2.75, 3.05) is 0 Å². The Morgan fingerprint density at radius 3 is 2.23 bits per heavy atom. The standard InChI is InChI=1S/C30H50O/c1-20(2)10-9-11-21(3)22-14-16-28(7)24-13-12-23-26(4,5)25-15-17-30(23,31-25)29(24,8)19-18-27(22,28)6/h10,21-25H,9,11-19H2,1-8H3/t21-,22+,23-,24-,25+,27+,28-,29-,30-/m0/s1. The molecular formula is C30H50O. The third-order valence-corrected chi connectivity index (χ3v) is 12.8. The molecule has 9 atom stereocenters. The molecular weight excluding hydrogens is 376 g/mol. The van der Waals surface area contributed by atoms with Crippen molar-refractivity contribution < 1.29 is 4.74 Å². The number of hydrogen-bond donors (Lipinski definition) is 0. The van der Waals surface area contributed by atoms with Crippen LogP contribution in [0, 0.1) is 45.3 Å². The van der Waals surface area contributed by atoms with Gasteiger partial charge in [-0.2, -0.15) is 0 Å². The smallest absolute Gasteiger partial charge is 0.0777 e. The van der Waals surface area contributed by atoms with Crippen molar-refractivity contribution in [3.63, 3.8) is 0 Å². The van der Waals surface area contributed by atoms with E-state index in [-0.39, 0.29) is 5.60 Å². The summed E-state index contributed by atoms with van der Waals surface area (Å²) >= 11 is 0. The van der Waals surface area contributed by atoms with E-state index in [2.05, 4.69) is 61.5 Å². The van der Waals surface area contributed by atoms with Crippen LogP contribution in [-0.2, 0) is 4.74 Å². The molecule has 1 heteroatoms. The van der Waals surface area contributed by atoms with Gasteiger partial charge in [0.05, 0.1) is 11.7 Å². The highest BCUT2D eigenvalue weighted by atomic mass is 16.5. The molecule has 2 aliphatic heterocycles. The van der Waals surface area contributed by atoms with Crippen LogP contribution in [0.2, 0.25) is 0 Å². The summed E-state index contributed by atoms with van der Waals surface area (Å²) in [4.78, 5) is 0. The van der Waals surface area contributed by atoms with E-state index in [4.69, 9.17) is 4.74 Å². The van der Waals surface area contributed by atoms with Crippen LogP contribution in [0.15, 0.2) is 11.6 Å². The lowest BCUT2D eigenvalue weighted by molar-refractivity contribution is -0.230. The molecule has 0 aromatic heterocycles. The summed E-state index contributed by atoms with van der Waals surface area (Å²) in [5.41, 5.74) is 3.43. The summed E-state index contributed by atoms with van der Waals surface area (Å²) in [6.45, 7) is 20.3. The van der Waals surface area contributed by atoms with Crippen LogP contribution in [0.1, 0.15) is 120 Å². The Bertz CT molecular complexity index is 760. The van der Waals surface area contributed by atoms with E-state index in [1.165, 1.54) is 69.8 Å². The molecule has 3 saturated carbocycles. The highest BCUT2D eigenvalue weighted by Crippen LogP contribution is 2.79. The summed E-state index contributed by atoms with van der Waals surface area (Å²) in [6, 6.07) is 0. The van der Waals surface area contributed by atoms with Gasteiger partial charge in [0.1, 0.15) is 0 Å². The highest BCUT2D eigenvalue weighted by Gasteiger charge is 2.76. The molecule has 3 aliphatic carbocycles. The molecule has 5 aliphatic rings. The Morgan fingerprint density at radius 2 is 1.52 bits per heavy atom. The summed E-state index contributed by atoms with van der Waals surface area (Å²) in [6.07, 6.45) is 16.9. The molecule has 0 aromatic rings. The van der Waals surface area contributed by atoms with Gasteiger partial charge in [0, 0.05) is 5.41 Å². The zero-order valence-corrected chi connectivity index (χ0v) is 21.9. The maximum absolute atomic E-state index is 7.12. The van der Waals surface area contributed by atoms with Gasteiger partial charge < -0.3 is 4.74 Å². The number of ether oxygens (including phenoxy) is 1. The molecule has 2 saturated heterocycles. The van der Waals surface area contributed by atoms with Crippen LogP contribution in [0.4, 0.5) is 0 Å². The Hall–Kier alpha value is -0.300. The third-order valence-electron chi connectivity index (χ3n) is 12.8. The average molecular weight is 427 g/mol. The van der Waals surface area contributed by atoms with Gasteiger partial charge in [-0.15, -0.1) is 0 Å². The van der Waals surface area contributed by atoms with Gasteiger partial charge in [0.25, 0.3) is 0 Å². The van der Waals surface area contributed by atoms with Crippen molar-refractivity contribution in [1.82, 2.24) is 0 Å². The summed E-state index contributed by atoms with van der Waals surface area (Å²) in [7, 11) is 0. The SMILES string of the molecule is CC(C)=CCC[C@H](C)[C@H]1CC[C@@]2(C)[C@@H]3CC[C@H]4C(C)(C)[C@H]5CC[C@@]4(O5)[C@@]3(C)CC[C@]12C. The highest BCUT2D eigenvalue weighted by molar-refractivity contribution is 5.25. The molecule has 1 spiro atoms. The normalized spacial score (nSPS) is 52.9. The van der Waals surface area contributed by atoms with Gasteiger partial charge in [0.2, 0.25) is 0 Å². The monoisotopic (exact) mass is 426 g/mol. The first kappa shape index (κ1) is 22.5. The first-order valence-electron chi connectivity index (χ1n) is 13.7. The molecule has 5 fully saturated rings. The van der Waals surface area contributed by atoms with Crippen LogP contribution >= 0.6 is 0 Å². The number of rotatable bonds is 4. The zero-order valence-electron chi connectivity index (χ0n) is 21.9. The first-order chi connectivity index (χ1) is 14.4. The van der Waals surface area contributed by atoms with Crippen molar-refractivity contribution in [3.8, 4) is 0 Å². The molecule has 2 heterocycles. The van der Waals surface area contributed by atoms with Crippen LogP contribution in [-0.4, -0.2) is 11.7 Å². The quantitative estimate of drug-likeness (QED) is 0.409. The molecule has 0 unspecified atom stereocenters. The fourth-order valence-corrected chi connectivity index (χ4v) is 10.9. The Morgan fingerprint density at radius 1 is 0.839 bits per heavy atom. The molecule has 0 N–H and O–H groups in total.